The minimum atomic E-state index is -5.72. The molecule has 11 N–H and O–H groups in total. The van der Waals surface area contributed by atoms with Gasteiger partial charge in [0.1, 0.15) is 24.3 Å². The highest BCUT2D eigenvalue weighted by Crippen LogP contribution is 2.66. The summed E-state index contributed by atoms with van der Waals surface area (Å²) in [6, 6.07) is 9.98. The molecule has 34 heteroatoms. The van der Waals surface area contributed by atoms with Crippen LogP contribution < -0.4 is 37.0 Å². The number of aliphatic hydroxyl groups excluding tert-OH is 1. The lowest BCUT2D eigenvalue weighted by molar-refractivity contribution is -0.700. The Morgan fingerprint density at radius 1 is 1.01 bits per heavy atom. The number of hydrogen-bond acceptors (Lipinski definition) is 20. The van der Waals surface area contributed by atoms with Crippen LogP contribution in [0.4, 0.5) is 16.4 Å². The van der Waals surface area contributed by atoms with Crippen LogP contribution >= 0.6 is 22.4 Å². The molecule has 2 amide bonds. The Kier molecular flexibility index (Phi) is 18.7. The van der Waals surface area contributed by atoms with Gasteiger partial charge in [-0.25, -0.2) is 28.0 Å². The molecule has 1 aromatic carbocycles. The van der Waals surface area contributed by atoms with Crippen LogP contribution in [-0.2, 0) is 65.0 Å². The molecule has 0 bridgehead atoms. The van der Waals surface area contributed by atoms with Gasteiger partial charge in [0.05, 0.1) is 18.5 Å². The predicted octanol–water partition coefficient (Wildman–Crippen LogP) is 1.55. The summed E-state index contributed by atoms with van der Waals surface area (Å²) in [6.45, 7) is -0.494. The Morgan fingerprint density at radius 3 is 2.44 bits per heavy atom. The van der Waals surface area contributed by atoms with Crippen LogP contribution in [-0.4, -0.2) is 120 Å². The van der Waals surface area contributed by atoms with Gasteiger partial charge in [-0.2, -0.15) is 22.3 Å². The van der Waals surface area contributed by atoms with Crippen LogP contribution in [0.5, 0.6) is 0 Å². The number of anilines is 2. The lowest BCUT2D eigenvalue weighted by Gasteiger charge is -2.22. The molecule has 6 rings (SSSR count). The highest BCUT2D eigenvalue weighted by atomic mass is 32.5. The van der Waals surface area contributed by atoms with E-state index in [1.807, 2.05) is 26.0 Å². The van der Waals surface area contributed by atoms with Gasteiger partial charge >= 0.3 is 34.1 Å². The van der Waals surface area contributed by atoms with E-state index in [9.17, 15) is 66.0 Å². The number of aromatic nitrogens is 5. The van der Waals surface area contributed by atoms with E-state index in [4.69, 9.17) is 24.1 Å². The molecule has 6 atom stereocenters. The first kappa shape index (κ1) is 57.0. The monoisotopic (exact) mass is 1120 g/mol. The number of unbranched alkanes of at least 4 members (excludes halogenated alkanes) is 2. The number of aryl methyl sites for hydroxylation is 1. The summed E-state index contributed by atoms with van der Waals surface area (Å²) < 4.78 is 90.1. The molecule has 29 nitrogen and oxygen atoms in total. The van der Waals surface area contributed by atoms with E-state index in [1.165, 1.54) is 18.3 Å². The number of imidazole rings is 1. The van der Waals surface area contributed by atoms with E-state index >= 15 is 0 Å². The highest BCUT2D eigenvalue weighted by molar-refractivity contribution is 8.08. The predicted molar refractivity (Wildman–Crippen MR) is 260 cm³/mol. The number of aliphatic hydroxyl groups is 1. The molecule has 0 aliphatic carbocycles. The van der Waals surface area contributed by atoms with Crippen molar-refractivity contribution in [3.05, 3.63) is 81.0 Å². The Balaban J connectivity index is 1.00. The van der Waals surface area contributed by atoms with E-state index in [1.54, 1.807) is 28.9 Å². The number of amides is 2. The number of nitrogens with two attached hydrogens (primary N) is 1. The van der Waals surface area contributed by atoms with Crippen molar-refractivity contribution in [2.24, 2.45) is 0 Å². The summed E-state index contributed by atoms with van der Waals surface area (Å²) in [5, 5.41) is 16.9. The van der Waals surface area contributed by atoms with Crippen LogP contribution in [0.15, 0.2) is 67.8 Å². The van der Waals surface area contributed by atoms with Gasteiger partial charge in [-0.3, -0.25) is 28.2 Å². The van der Waals surface area contributed by atoms with E-state index in [0.717, 1.165) is 29.7 Å². The van der Waals surface area contributed by atoms with E-state index in [2.05, 4.69) is 50.9 Å². The molecule has 1 saturated heterocycles. The van der Waals surface area contributed by atoms with Crippen LogP contribution in [0.2, 0.25) is 0 Å². The van der Waals surface area contributed by atoms with Crippen molar-refractivity contribution in [2.45, 2.75) is 75.5 Å². The number of benzene rings is 1. The quantitative estimate of drug-likeness (QED) is 0.0138. The number of nitrogen functional groups attached to an aromatic ring is 1. The molecule has 1 fully saturated rings. The number of carbonyl (C=O) groups is 2. The molecular formula is C39H51N9O20P3S2+. The fourth-order valence-electron chi connectivity index (χ4n) is 7.42. The summed E-state index contributed by atoms with van der Waals surface area (Å²) >= 11 is 4.07. The molecule has 2 unspecified atom stereocenters. The van der Waals surface area contributed by atoms with E-state index in [0.29, 0.717) is 35.9 Å². The number of nitrogens with zero attached hydrogens (tertiary/aromatic N) is 5. The Bertz CT molecular complexity index is 3260. The lowest BCUT2D eigenvalue weighted by atomic mass is 10.1. The SMILES string of the molecule is CCN(CC)c1ccc2cc(/C=C/c3ccc(S(=O)(=O)O)c[n+]3CCCCCC(=O)NCCNC(=O)O[C@H]3[C@@H](O)[C@H](n4cnc5c(=O)[nH]c(N)nc54)O[C@@H]3COP(=O)(O)OP(=O)(O)OP(O)(O)=S)c(=O)oc2c1. The first-order valence-electron chi connectivity index (χ1n) is 21.8. The molecule has 5 aromatic rings. The highest BCUT2D eigenvalue weighted by Gasteiger charge is 2.49. The third-order valence-corrected chi connectivity index (χ3v) is 16.0. The van der Waals surface area contributed by atoms with E-state index < -0.39 is 86.8 Å². The first-order valence-corrected chi connectivity index (χ1v) is 28.9. The van der Waals surface area contributed by atoms with Crippen LogP contribution in [0.25, 0.3) is 34.3 Å². The summed E-state index contributed by atoms with van der Waals surface area (Å²) in [5.41, 5.74) is 5.96. The second kappa shape index (κ2) is 23.9. The van der Waals surface area contributed by atoms with Gasteiger partial charge in [-0.1, -0.05) is 0 Å². The number of pyridine rings is 1. The van der Waals surface area contributed by atoms with Gasteiger partial charge in [-0.15, -0.1) is 0 Å². The number of fused-ring (bicyclic) bond motifs is 2. The number of alkyl carbamates (subject to hydrolysis) is 1. The standard InChI is InChI=1S/C39H50N9O20P3S2/c1-3-46(4-2)26-12-9-23-18-24(37(52)65-28(23)19-26)10-11-25-13-14-27(73(60,61)62)20-47(25)17-7-5-6-8-30(49)41-15-16-42-39(53)66-33-29(21-63-69(54,55)67-70(56,57)68-71(58,59)72)64-36(32(33)50)48-22-43-31-34(48)44-38(40)45-35(31)51/h9-14,18-20,22,29,32-33,36,50H,3-8,15-17,21H2,1-2H3,(H9-,40,41,42,44,45,49,51,53,54,55,56,57,58,59,60,61,62,72)/p+1/t29-,32-,33-,36-/m1/s1. The Labute approximate surface area is 418 Å². The smallest absolute Gasteiger partial charge is 0.440 e. The van der Waals surface area contributed by atoms with Crippen LogP contribution in [0.3, 0.4) is 0 Å². The Hall–Kier alpha value is -5.33. The number of rotatable bonds is 24. The number of aromatic amines is 1. The summed E-state index contributed by atoms with van der Waals surface area (Å²) in [7, 11) is -15.9. The van der Waals surface area contributed by atoms with Gasteiger partial charge in [0.25, 0.3) is 15.7 Å². The number of phosphoric acid groups is 2. The number of ether oxygens (including phenoxy) is 2. The molecule has 0 spiro atoms. The van der Waals surface area contributed by atoms with Crippen molar-refractivity contribution < 1.29 is 88.0 Å². The number of H-pyrrole nitrogens is 1. The van der Waals surface area contributed by atoms with Gasteiger partial charge in [0, 0.05) is 68.3 Å². The molecule has 0 saturated carbocycles. The van der Waals surface area contributed by atoms with Gasteiger partial charge < -0.3 is 59.8 Å². The minimum absolute atomic E-state index is 0.0526. The molecular weight excluding hydrogens is 1070 g/mol. The van der Waals surface area contributed by atoms with Crippen molar-refractivity contribution in [2.75, 3.05) is 43.4 Å². The molecule has 4 aromatic heterocycles. The van der Waals surface area contributed by atoms with Crippen molar-refractivity contribution >= 4 is 102 Å². The fraction of sp³-hybridized carbons (Fsp3) is 0.410. The molecule has 1 aliphatic rings. The molecule has 0 radical (unpaired) electrons. The average molecular weight is 1120 g/mol. The van der Waals surface area contributed by atoms with E-state index in [-0.39, 0.29) is 53.6 Å². The number of nitrogens with one attached hydrogen (secondary N) is 3. The van der Waals surface area contributed by atoms with Crippen LogP contribution in [0, 0.1) is 0 Å². The molecule has 5 heterocycles. The topological polar surface area (TPSA) is 421 Å². The number of hydrogen-bond donors (Lipinski definition) is 10. The fourth-order valence-corrected chi connectivity index (χ4v) is 11.7. The third-order valence-electron chi connectivity index (χ3n) is 10.8. The second-order valence-corrected chi connectivity index (χ2v) is 23.1. The molecule has 1 aliphatic heterocycles. The van der Waals surface area contributed by atoms with Crippen molar-refractivity contribution in [1.29, 1.82) is 0 Å². The second-order valence-electron chi connectivity index (χ2n) is 15.9. The average Bonchev–Trinajstić information content (AvgIpc) is 3.85. The maximum Gasteiger partial charge on any atom is 0.488 e. The number of carbonyl (C=O) groups excluding carboxylic acids is 2. The molecule has 398 valence electrons. The Morgan fingerprint density at radius 2 is 1.74 bits per heavy atom. The first-order chi connectivity index (χ1) is 34.3. The lowest BCUT2D eigenvalue weighted by Crippen LogP contribution is -2.42. The third kappa shape index (κ3) is 15.6. The molecule has 73 heavy (non-hydrogen) atoms. The minimum Gasteiger partial charge on any atom is -0.440 e. The normalized spacial score (nSPS) is 19.0. The van der Waals surface area contributed by atoms with Crippen molar-refractivity contribution in [3.63, 3.8) is 0 Å². The maximum absolute atomic E-state index is 13.0. The van der Waals surface area contributed by atoms with Gasteiger partial charge in [0.2, 0.25) is 17.5 Å². The summed E-state index contributed by atoms with van der Waals surface area (Å²) in [5.74, 6) is -0.747. The number of phosphoric ester groups is 1. The van der Waals surface area contributed by atoms with Gasteiger partial charge in [0.15, 0.2) is 34.6 Å². The van der Waals surface area contributed by atoms with Gasteiger partial charge in [-0.05, 0) is 68.8 Å². The maximum atomic E-state index is 13.0. The summed E-state index contributed by atoms with van der Waals surface area (Å²) in [4.78, 5) is 101. The van der Waals surface area contributed by atoms with Crippen LogP contribution in [0.1, 0.15) is 57.0 Å². The zero-order chi connectivity index (χ0) is 53.5. The largest absolute Gasteiger partial charge is 0.488 e. The zero-order valence-electron chi connectivity index (χ0n) is 38.5. The zero-order valence-corrected chi connectivity index (χ0v) is 42.8. The van der Waals surface area contributed by atoms with Crippen molar-refractivity contribution in [1.82, 2.24) is 30.2 Å². The van der Waals surface area contributed by atoms with Crippen molar-refractivity contribution in [3.8, 4) is 0 Å². The summed E-state index contributed by atoms with van der Waals surface area (Å²) in [6.07, 6.45) is -1.30.